The van der Waals surface area contributed by atoms with Gasteiger partial charge in [0.1, 0.15) is 0 Å². The van der Waals surface area contributed by atoms with Crippen molar-refractivity contribution in [3.8, 4) is 0 Å². The molecule has 1 heterocycles. The number of nitrogens with one attached hydrogen (secondary N) is 1. The van der Waals surface area contributed by atoms with Gasteiger partial charge in [0.25, 0.3) is 0 Å². The fourth-order valence-corrected chi connectivity index (χ4v) is 1.96. The van der Waals surface area contributed by atoms with Crippen LogP contribution >= 0.6 is 0 Å². The van der Waals surface area contributed by atoms with E-state index in [2.05, 4.69) is 54.0 Å². The Morgan fingerprint density at radius 1 is 1.41 bits per heavy atom. The second-order valence-corrected chi connectivity index (χ2v) is 4.67. The van der Waals surface area contributed by atoms with Gasteiger partial charge in [-0.05, 0) is 53.0 Å². The van der Waals surface area contributed by atoms with Gasteiger partial charge in [0.2, 0.25) is 0 Å². The van der Waals surface area contributed by atoms with Crippen LogP contribution in [0.15, 0.2) is 12.3 Å². The van der Waals surface area contributed by atoms with Gasteiger partial charge in [0.05, 0.1) is 11.7 Å². The Morgan fingerprint density at radius 2 is 2.18 bits per heavy atom. The zero-order valence-electron chi connectivity index (χ0n) is 11.6. The molecule has 1 rings (SSSR count). The highest BCUT2D eigenvalue weighted by Gasteiger charge is 2.14. The summed E-state index contributed by atoms with van der Waals surface area (Å²) in [5.74, 6) is 0. The van der Waals surface area contributed by atoms with Crippen molar-refractivity contribution in [2.24, 2.45) is 0 Å². The van der Waals surface area contributed by atoms with Crippen molar-refractivity contribution in [3.05, 3.63) is 18.0 Å². The van der Waals surface area contributed by atoms with Gasteiger partial charge < -0.3 is 10.2 Å². The molecule has 0 saturated carbocycles. The molecule has 0 amide bonds. The summed E-state index contributed by atoms with van der Waals surface area (Å²) in [6.45, 7) is 7.43. The first-order valence-electron chi connectivity index (χ1n) is 6.58. The first-order valence-corrected chi connectivity index (χ1v) is 6.58. The van der Waals surface area contributed by atoms with E-state index in [1.807, 2.05) is 6.20 Å². The summed E-state index contributed by atoms with van der Waals surface area (Å²) >= 11 is 0. The zero-order chi connectivity index (χ0) is 12.7. The van der Waals surface area contributed by atoms with E-state index in [0.29, 0.717) is 6.04 Å². The Labute approximate surface area is 105 Å². The van der Waals surface area contributed by atoms with Crippen LogP contribution in [0.2, 0.25) is 0 Å². The van der Waals surface area contributed by atoms with E-state index in [0.717, 1.165) is 26.1 Å². The molecule has 0 radical (unpaired) electrons. The Hall–Kier alpha value is -0.870. The predicted molar refractivity (Wildman–Crippen MR) is 72.1 cm³/mol. The highest BCUT2D eigenvalue weighted by Crippen LogP contribution is 2.16. The van der Waals surface area contributed by atoms with Crippen LogP contribution in [0.5, 0.6) is 0 Å². The van der Waals surface area contributed by atoms with E-state index in [9.17, 15) is 0 Å². The number of hydrogen-bond acceptors (Lipinski definition) is 3. The van der Waals surface area contributed by atoms with Crippen LogP contribution in [0.25, 0.3) is 0 Å². The molecule has 0 aliphatic heterocycles. The molecule has 0 aliphatic carbocycles. The summed E-state index contributed by atoms with van der Waals surface area (Å²) in [6, 6.07) is 2.55. The van der Waals surface area contributed by atoms with Crippen molar-refractivity contribution in [2.45, 2.75) is 39.3 Å². The van der Waals surface area contributed by atoms with Gasteiger partial charge in [-0.1, -0.05) is 6.92 Å². The number of aryl methyl sites for hydroxylation is 1. The zero-order valence-corrected chi connectivity index (χ0v) is 11.6. The molecule has 0 fully saturated rings. The molecule has 4 nitrogen and oxygen atoms in total. The fraction of sp³-hybridized carbons (Fsp3) is 0.769. The SMILES string of the molecule is CCCNC(CCN(C)C)c1ccnn1CC. The highest BCUT2D eigenvalue weighted by molar-refractivity contribution is 5.07. The second-order valence-electron chi connectivity index (χ2n) is 4.67. The maximum Gasteiger partial charge on any atom is 0.0553 e. The molecule has 1 atom stereocenters. The van der Waals surface area contributed by atoms with Gasteiger partial charge in [-0.15, -0.1) is 0 Å². The first-order chi connectivity index (χ1) is 8.19. The lowest BCUT2D eigenvalue weighted by molar-refractivity contribution is 0.352. The van der Waals surface area contributed by atoms with Gasteiger partial charge in [-0.3, -0.25) is 4.68 Å². The Bertz CT molecular complexity index is 306. The van der Waals surface area contributed by atoms with Crippen LogP contribution in [0.1, 0.15) is 38.4 Å². The van der Waals surface area contributed by atoms with Gasteiger partial charge in [-0.2, -0.15) is 5.10 Å². The predicted octanol–water partition coefficient (Wildman–Crippen LogP) is 1.90. The molecule has 0 saturated heterocycles. The Kier molecular flexibility index (Phi) is 6.22. The monoisotopic (exact) mass is 238 g/mol. The van der Waals surface area contributed by atoms with E-state index >= 15 is 0 Å². The van der Waals surface area contributed by atoms with E-state index in [1.165, 1.54) is 12.1 Å². The van der Waals surface area contributed by atoms with Crippen molar-refractivity contribution in [3.63, 3.8) is 0 Å². The third kappa shape index (κ3) is 4.48. The van der Waals surface area contributed by atoms with Crippen LogP contribution in [0, 0.1) is 0 Å². The summed E-state index contributed by atoms with van der Waals surface area (Å²) in [5.41, 5.74) is 1.31. The van der Waals surface area contributed by atoms with Crippen LogP contribution in [-0.4, -0.2) is 41.9 Å². The van der Waals surface area contributed by atoms with Gasteiger partial charge in [0, 0.05) is 12.7 Å². The summed E-state index contributed by atoms with van der Waals surface area (Å²) in [5, 5.41) is 7.97. The molecule has 0 bridgehead atoms. The summed E-state index contributed by atoms with van der Waals surface area (Å²) in [7, 11) is 4.24. The van der Waals surface area contributed by atoms with E-state index < -0.39 is 0 Å². The van der Waals surface area contributed by atoms with Crippen molar-refractivity contribution >= 4 is 0 Å². The van der Waals surface area contributed by atoms with Crippen molar-refractivity contribution in [2.75, 3.05) is 27.2 Å². The molecule has 0 aromatic carbocycles. The smallest absolute Gasteiger partial charge is 0.0553 e. The number of hydrogen-bond donors (Lipinski definition) is 1. The van der Waals surface area contributed by atoms with Gasteiger partial charge in [0.15, 0.2) is 0 Å². The molecule has 1 N–H and O–H groups in total. The average molecular weight is 238 g/mol. The van der Waals surface area contributed by atoms with E-state index in [1.54, 1.807) is 0 Å². The molecule has 1 aromatic rings. The quantitative estimate of drug-likeness (QED) is 0.751. The lowest BCUT2D eigenvalue weighted by Crippen LogP contribution is -2.28. The molecule has 0 aliphatic rings. The fourth-order valence-electron chi connectivity index (χ4n) is 1.96. The standard InChI is InChI=1S/C13H26N4/c1-5-9-14-12(8-11-16(3)4)13-7-10-15-17(13)6-2/h7,10,12,14H,5-6,8-9,11H2,1-4H3. The van der Waals surface area contributed by atoms with Crippen molar-refractivity contribution in [1.82, 2.24) is 20.0 Å². The molecule has 0 spiro atoms. The number of nitrogens with zero attached hydrogens (tertiary/aromatic N) is 3. The highest BCUT2D eigenvalue weighted by atomic mass is 15.3. The maximum atomic E-state index is 4.35. The van der Waals surface area contributed by atoms with E-state index in [4.69, 9.17) is 0 Å². The van der Waals surface area contributed by atoms with Crippen molar-refractivity contribution in [1.29, 1.82) is 0 Å². The molecular formula is C13H26N4. The van der Waals surface area contributed by atoms with E-state index in [-0.39, 0.29) is 0 Å². The lowest BCUT2D eigenvalue weighted by Gasteiger charge is -2.21. The van der Waals surface area contributed by atoms with Gasteiger partial charge in [-0.25, -0.2) is 0 Å². The molecule has 1 unspecified atom stereocenters. The normalized spacial score (nSPS) is 13.2. The van der Waals surface area contributed by atoms with Gasteiger partial charge >= 0.3 is 0 Å². The minimum atomic E-state index is 0.416. The topological polar surface area (TPSA) is 33.1 Å². The third-order valence-electron chi connectivity index (χ3n) is 2.91. The molecule has 1 aromatic heterocycles. The van der Waals surface area contributed by atoms with Crippen LogP contribution in [0.4, 0.5) is 0 Å². The molecule has 98 valence electrons. The molecular weight excluding hydrogens is 212 g/mol. The summed E-state index contributed by atoms with van der Waals surface area (Å²) in [6.07, 6.45) is 4.19. The lowest BCUT2D eigenvalue weighted by atomic mass is 10.1. The minimum Gasteiger partial charge on any atom is -0.309 e. The number of rotatable bonds is 8. The number of aromatic nitrogens is 2. The average Bonchev–Trinajstić information content (AvgIpc) is 2.77. The second kappa shape index (κ2) is 7.45. The summed E-state index contributed by atoms with van der Waals surface area (Å²) < 4.78 is 2.09. The Morgan fingerprint density at radius 3 is 2.76 bits per heavy atom. The minimum absolute atomic E-state index is 0.416. The Balaban J connectivity index is 2.67. The van der Waals surface area contributed by atoms with Crippen LogP contribution in [-0.2, 0) is 6.54 Å². The maximum absolute atomic E-state index is 4.35. The molecule has 17 heavy (non-hydrogen) atoms. The largest absolute Gasteiger partial charge is 0.309 e. The molecule has 4 heteroatoms. The summed E-state index contributed by atoms with van der Waals surface area (Å²) in [4.78, 5) is 2.23. The van der Waals surface area contributed by atoms with Crippen molar-refractivity contribution < 1.29 is 0 Å². The van der Waals surface area contributed by atoms with Crippen LogP contribution in [0.3, 0.4) is 0 Å². The first kappa shape index (κ1) is 14.2. The third-order valence-corrected chi connectivity index (χ3v) is 2.91. The van der Waals surface area contributed by atoms with Crippen LogP contribution < -0.4 is 5.32 Å².